The fourth-order valence-electron chi connectivity index (χ4n) is 1.47. The van der Waals surface area contributed by atoms with Crippen LogP contribution < -0.4 is 5.73 Å². The standard InChI is InChI=1S/C10H13NS/c11-6-8-12-7-5-9-3-1-2-4-10(9)12/h1-5,7,12H,6,8,11H2. The zero-order chi connectivity index (χ0) is 8.39. The molecule has 2 N–H and O–H groups in total. The molecule has 0 radical (unpaired) electrons. The quantitative estimate of drug-likeness (QED) is 0.667. The zero-order valence-corrected chi connectivity index (χ0v) is 7.80. The summed E-state index contributed by atoms with van der Waals surface area (Å²) >= 11 is 0. The molecule has 1 atom stereocenters. The molecule has 1 aromatic rings. The number of nitrogens with two attached hydrogens (primary N) is 1. The zero-order valence-electron chi connectivity index (χ0n) is 6.90. The van der Waals surface area contributed by atoms with Crippen LogP contribution in [0.2, 0.25) is 0 Å². The number of fused-ring (bicyclic) bond motifs is 1. The van der Waals surface area contributed by atoms with Gasteiger partial charge in [-0.2, -0.15) is 0 Å². The lowest BCUT2D eigenvalue weighted by atomic mass is 10.2. The van der Waals surface area contributed by atoms with Crippen LogP contribution in [0, 0.1) is 0 Å². The van der Waals surface area contributed by atoms with Crippen molar-refractivity contribution in [3.63, 3.8) is 0 Å². The maximum Gasteiger partial charge on any atom is 0.000304 e. The smallest absolute Gasteiger partial charge is 0.000304 e. The Morgan fingerprint density at radius 2 is 2.08 bits per heavy atom. The van der Waals surface area contributed by atoms with Crippen molar-refractivity contribution in [1.82, 2.24) is 0 Å². The van der Waals surface area contributed by atoms with Crippen LogP contribution in [-0.2, 0) is 0 Å². The number of rotatable bonds is 2. The third-order valence-electron chi connectivity index (χ3n) is 2.05. The molecule has 0 spiro atoms. The summed E-state index contributed by atoms with van der Waals surface area (Å²) < 4.78 is 0. The third-order valence-corrected chi connectivity index (χ3v) is 4.33. The normalized spacial score (nSPS) is 22.6. The Kier molecular flexibility index (Phi) is 2.19. The number of hydrogen-bond acceptors (Lipinski definition) is 1. The monoisotopic (exact) mass is 179 g/mol. The largest absolute Gasteiger partial charge is 0.330 e. The van der Waals surface area contributed by atoms with Crippen molar-refractivity contribution in [2.45, 2.75) is 4.90 Å². The van der Waals surface area contributed by atoms with Gasteiger partial charge in [-0.15, -0.1) is 0 Å². The van der Waals surface area contributed by atoms with Gasteiger partial charge in [0.2, 0.25) is 0 Å². The van der Waals surface area contributed by atoms with E-state index in [1.54, 1.807) is 0 Å². The van der Waals surface area contributed by atoms with E-state index in [1.165, 1.54) is 10.5 Å². The number of benzene rings is 1. The highest BCUT2D eigenvalue weighted by atomic mass is 32.2. The second kappa shape index (κ2) is 3.33. The van der Waals surface area contributed by atoms with E-state index in [0.29, 0.717) is 0 Å². The Morgan fingerprint density at radius 3 is 2.92 bits per heavy atom. The lowest BCUT2D eigenvalue weighted by Crippen LogP contribution is -2.03. The number of thiol groups is 1. The van der Waals surface area contributed by atoms with Crippen molar-refractivity contribution >= 4 is 17.0 Å². The van der Waals surface area contributed by atoms with E-state index < -0.39 is 0 Å². The molecule has 0 saturated heterocycles. The second-order valence-electron chi connectivity index (χ2n) is 2.86. The van der Waals surface area contributed by atoms with E-state index in [2.05, 4.69) is 35.7 Å². The predicted molar refractivity (Wildman–Crippen MR) is 56.6 cm³/mol. The maximum atomic E-state index is 5.55. The van der Waals surface area contributed by atoms with Gasteiger partial charge in [0, 0.05) is 6.54 Å². The van der Waals surface area contributed by atoms with Gasteiger partial charge in [-0.1, -0.05) is 18.2 Å². The molecular weight excluding hydrogens is 166 g/mol. The molecule has 1 aliphatic heterocycles. The maximum absolute atomic E-state index is 5.55. The van der Waals surface area contributed by atoms with Crippen molar-refractivity contribution in [2.75, 3.05) is 12.3 Å². The van der Waals surface area contributed by atoms with Crippen LogP contribution in [-0.4, -0.2) is 12.3 Å². The number of hydrogen-bond donors (Lipinski definition) is 2. The Bertz CT molecular complexity index is 306. The van der Waals surface area contributed by atoms with Gasteiger partial charge in [-0.3, -0.25) is 0 Å². The molecule has 1 aliphatic rings. The van der Waals surface area contributed by atoms with Crippen molar-refractivity contribution in [3.05, 3.63) is 35.2 Å². The second-order valence-corrected chi connectivity index (χ2v) is 5.02. The molecule has 12 heavy (non-hydrogen) atoms. The van der Waals surface area contributed by atoms with Crippen molar-refractivity contribution in [3.8, 4) is 0 Å². The molecule has 1 nitrogen and oxygen atoms in total. The van der Waals surface area contributed by atoms with Crippen LogP contribution in [0.1, 0.15) is 5.56 Å². The van der Waals surface area contributed by atoms with E-state index in [-0.39, 0.29) is 10.9 Å². The van der Waals surface area contributed by atoms with Crippen LogP contribution in [0.3, 0.4) is 0 Å². The highest BCUT2D eigenvalue weighted by Crippen LogP contribution is 2.45. The van der Waals surface area contributed by atoms with E-state index in [9.17, 15) is 0 Å². The molecular formula is C10H13NS. The van der Waals surface area contributed by atoms with Crippen LogP contribution in [0.15, 0.2) is 34.6 Å². The highest BCUT2D eigenvalue weighted by Gasteiger charge is 2.11. The van der Waals surface area contributed by atoms with E-state index >= 15 is 0 Å². The molecule has 0 aromatic heterocycles. The summed E-state index contributed by atoms with van der Waals surface area (Å²) in [7, 11) is -0.0666. The van der Waals surface area contributed by atoms with Crippen molar-refractivity contribution < 1.29 is 0 Å². The molecule has 2 heteroatoms. The van der Waals surface area contributed by atoms with E-state index in [4.69, 9.17) is 5.73 Å². The SMILES string of the molecule is NCC[SH]1C=Cc2ccccc21. The third kappa shape index (κ3) is 1.28. The molecule has 0 amide bonds. The van der Waals surface area contributed by atoms with Crippen molar-refractivity contribution in [2.24, 2.45) is 5.73 Å². The Labute approximate surface area is 75.6 Å². The summed E-state index contributed by atoms with van der Waals surface area (Å²) in [5.41, 5.74) is 6.93. The molecule has 0 aliphatic carbocycles. The molecule has 1 heterocycles. The lowest BCUT2D eigenvalue weighted by molar-refractivity contribution is 1.14. The van der Waals surface area contributed by atoms with Gasteiger partial charge >= 0.3 is 0 Å². The minimum Gasteiger partial charge on any atom is -0.330 e. The first kappa shape index (κ1) is 7.90. The summed E-state index contributed by atoms with van der Waals surface area (Å²) in [5, 5.41) is 2.31. The van der Waals surface area contributed by atoms with E-state index in [0.717, 1.165) is 12.3 Å². The summed E-state index contributed by atoms with van der Waals surface area (Å²) in [6.45, 7) is 0.796. The minimum atomic E-state index is -0.0666. The van der Waals surface area contributed by atoms with Crippen molar-refractivity contribution in [1.29, 1.82) is 0 Å². The highest BCUT2D eigenvalue weighted by molar-refractivity contribution is 8.20. The topological polar surface area (TPSA) is 26.0 Å². The van der Waals surface area contributed by atoms with Gasteiger partial charge in [-0.25, -0.2) is 10.9 Å². The average Bonchev–Trinajstić information content (AvgIpc) is 2.50. The van der Waals surface area contributed by atoms with Crippen LogP contribution in [0.4, 0.5) is 0 Å². The first-order chi connectivity index (χ1) is 5.92. The molecule has 0 bridgehead atoms. The minimum absolute atomic E-state index is 0.0666. The summed E-state index contributed by atoms with van der Waals surface area (Å²) in [6, 6.07) is 8.59. The first-order valence-electron chi connectivity index (χ1n) is 4.16. The van der Waals surface area contributed by atoms with Gasteiger partial charge in [0.15, 0.2) is 0 Å². The summed E-state index contributed by atoms with van der Waals surface area (Å²) in [4.78, 5) is 1.50. The van der Waals surface area contributed by atoms with Gasteiger partial charge in [0.05, 0.1) is 0 Å². The molecule has 2 rings (SSSR count). The predicted octanol–water partition coefficient (Wildman–Crippen LogP) is 1.99. The van der Waals surface area contributed by atoms with Gasteiger partial charge < -0.3 is 5.73 Å². The summed E-state index contributed by atoms with van der Waals surface area (Å²) in [6.07, 6.45) is 2.22. The molecule has 0 fully saturated rings. The Hall–Kier alpha value is -0.730. The van der Waals surface area contributed by atoms with Gasteiger partial charge in [-0.05, 0) is 33.8 Å². The molecule has 64 valence electrons. The fourth-order valence-corrected chi connectivity index (χ4v) is 3.40. The summed E-state index contributed by atoms with van der Waals surface area (Å²) in [5.74, 6) is 1.13. The van der Waals surface area contributed by atoms with Crippen LogP contribution in [0.25, 0.3) is 6.08 Å². The average molecular weight is 179 g/mol. The van der Waals surface area contributed by atoms with Gasteiger partial charge in [0.1, 0.15) is 0 Å². The van der Waals surface area contributed by atoms with E-state index in [1.807, 2.05) is 0 Å². The first-order valence-corrected chi connectivity index (χ1v) is 5.75. The Morgan fingerprint density at radius 1 is 1.25 bits per heavy atom. The fraction of sp³-hybridized carbons (Fsp3) is 0.200. The Balaban J connectivity index is 2.30. The van der Waals surface area contributed by atoms with Gasteiger partial charge in [0.25, 0.3) is 0 Å². The molecule has 1 aromatic carbocycles. The van der Waals surface area contributed by atoms with Crippen LogP contribution >= 0.6 is 10.9 Å². The van der Waals surface area contributed by atoms with Crippen LogP contribution in [0.5, 0.6) is 0 Å². The lowest BCUT2D eigenvalue weighted by Gasteiger charge is -2.13. The molecule has 0 saturated carbocycles. The molecule has 1 unspecified atom stereocenters.